The Balaban J connectivity index is 1.51. The van der Waals surface area contributed by atoms with Crippen LogP contribution in [0, 0.1) is 0 Å². The number of hydrogen-bond donors (Lipinski definition) is 0. The van der Waals surface area contributed by atoms with E-state index < -0.39 is 0 Å². The van der Waals surface area contributed by atoms with E-state index in [0.29, 0.717) is 13.2 Å². The molecule has 1 aromatic rings. The lowest BCUT2D eigenvalue weighted by atomic mass is 9.92. The first-order valence-electron chi connectivity index (χ1n) is 9.56. The summed E-state index contributed by atoms with van der Waals surface area (Å²) in [4.78, 5) is 28.7. The summed E-state index contributed by atoms with van der Waals surface area (Å²) in [5.74, 6) is 0.137. The summed E-state index contributed by atoms with van der Waals surface area (Å²) in [6.45, 7) is 11.4. The van der Waals surface area contributed by atoms with Gasteiger partial charge in [-0.25, -0.2) is 4.68 Å². The Kier molecular flexibility index (Phi) is 5.77. The highest BCUT2D eigenvalue weighted by atomic mass is 16.5. The van der Waals surface area contributed by atoms with Crippen molar-refractivity contribution >= 4 is 5.91 Å². The minimum absolute atomic E-state index is 0.0646. The molecule has 26 heavy (non-hydrogen) atoms. The fourth-order valence-corrected chi connectivity index (χ4v) is 3.41. The standard InChI is InChI=1S/C19H30N4O3/c1-19(2,3)16-6-7-17(24)23(20-16)13-10-21-8-11-22(12-9-21)18(25)15-5-4-14-26-15/h6-7,15H,4-5,8-14H2,1-3H3. The average Bonchev–Trinajstić information content (AvgIpc) is 3.14. The van der Waals surface area contributed by atoms with Crippen LogP contribution < -0.4 is 5.56 Å². The van der Waals surface area contributed by atoms with Crippen molar-refractivity contribution in [3.05, 3.63) is 28.2 Å². The van der Waals surface area contributed by atoms with Gasteiger partial charge in [-0.2, -0.15) is 5.10 Å². The van der Waals surface area contributed by atoms with Gasteiger partial charge in [0.15, 0.2) is 0 Å². The molecule has 2 fully saturated rings. The third-order valence-electron chi connectivity index (χ3n) is 5.15. The fraction of sp³-hybridized carbons (Fsp3) is 0.737. The molecular formula is C19H30N4O3. The predicted molar refractivity (Wildman–Crippen MR) is 99.2 cm³/mol. The van der Waals surface area contributed by atoms with E-state index in [9.17, 15) is 9.59 Å². The van der Waals surface area contributed by atoms with Crippen LogP contribution in [0.25, 0.3) is 0 Å². The second-order valence-corrected chi connectivity index (χ2v) is 8.20. The number of hydrogen-bond acceptors (Lipinski definition) is 5. The average molecular weight is 362 g/mol. The molecule has 1 aromatic heterocycles. The predicted octanol–water partition coefficient (Wildman–Crippen LogP) is 0.864. The highest BCUT2D eigenvalue weighted by Crippen LogP contribution is 2.18. The Bertz CT molecular complexity index is 681. The maximum Gasteiger partial charge on any atom is 0.266 e. The molecule has 7 heteroatoms. The van der Waals surface area contributed by atoms with Crippen LogP contribution in [0.4, 0.5) is 0 Å². The summed E-state index contributed by atoms with van der Waals surface area (Å²) < 4.78 is 7.06. The van der Waals surface area contributed by atoms with Gasteiger partial charge in [-0.15, -0.1) is 0 Å². The number of rotatable bonds is 4. The molecule has 2 saturated heterocycles. The maximum atomic E-state index is 12.4. The molecule has 7 nitrogen and oxygen atoms in total. The molecule has 2 aliphatic heterocycles. The number of nitrogens with zero attached hydrogens (tertiary/aromatic N) is 4. The van der Waals surface area contributed by atoms with Crippen molar-refractivity contribution < 1.29 is 9.53 Å². The van der Waals surface area contributed by atoms with Gasteiger partial charge in [0.1, 0.15) is 6.10 Å². The van der Waals surface area contributed by atoms with Crippen LogP contribution in [0.15, 0.2) is 16.9 Å². The van der Waals surface area contributed by atoms with Crippen LogP contribution in [-0.2, 0) is 21.5 Å². The van der Waals surface area contributed by atoms with Gasteiger partial charge in [0.05, 0.1) is 12.2 Å². The molecule has 1 atom stereocenters. The van der Waals surface area contributed by atoms with Crippen LogP contribution in [0.2, 0.25) is 0 Å². The topological polar surface area (TPSA) is 67.7 Å². The van der Waals surface area contributed by atoms with E-state index in [1.165, 1.54) is 0 Å². The molecule has 0 N–H and O–H groups in total. The van der Waals surface area contributed by atoms with Crippen LogP contribution in [0.5, 0.6) is 0 Å². The van der Waals surface area contributed by atoms with Gasteiger partial charge >= 0.3 is 0 Å². The molecule has 0 spiro atoms. The fourth-order valence-electron chi connectivity index (χ4n) is 3.41. The quantitative estimate of drug-likeness (QED) is 0.795. The Hall–Kier alpha value is -1.73. The number of piperazine rings is 1. The normalized spacial score (nSPS) is 22.0. The van der Waals surface area contributed by atoms with Crippen molar-refractivity contribution in [1.29, 1.82) is 0 Å². The summed E-state index contributed by atoms with van der Waals surface area (Å²) >= 11 is 0. The second kappa shape index (κ2) is 7.88. The largest absolute Gasteiger partial charge is 0.368 e. The summed E-state index contributed by atoms with van der Waals surface area (Å²) in [5, 5.41) is 4.52. The van der Waals surface area contributed by atoms with Crippen molar-refractivity contribution in [3.8, 4) is 0 Å². The third-order valence-corrected chi connectivity index (χ3v) is 5.15. The molecule has 0 radical (unpaired) electrons. The van der Waals surface area contributed by atoms with Crippen LogP contribution in [-0.4, -0.2) is 70.9 Å². The summed E-state index contributed by atoms with van der Waals surface area (Å²) in [5.41, 5.74) is 0.776. The minimum Gasteiger partial charge on any atom is -0.368 e. The number of carbonyl (C=O) groups excluding carboxylic acids is 1. The first kappa shape index (κ1) is 19.0. The van der Waals surface area contributed by atoms with E-state index in [0.717, 1.165) is 51.3 Å². The van der Waals surface area contributed by atoms with Crippen LogP contribution in [0.1, 0.15) is 39.3 Å². The first-order chi connectivity index (χ1) is 12.3. The van der Waals surface area contributed by atoms with E-state index in [-0.39, 0.29) is 23.0 Å². The third kappa shape index (κ3) is 4.51. The molecule has 3 rings (SSSR count). The van der Waals surface area contributed by atoms with Gasteiger partial charge < -0.3 is 9.64 Å². The zero-order valence-corrected chi connectivity index (χ0v) is 16.1. The molecule has 144 valence electrons. The molecule has 0 bridgehead atoms. The molecule has 0 saturated carbocycles. The zero-order chi connectivity index (χ0) is 18.7. The van der Waals surface area contributed by atoms with Gasteiger partial charge in [0.2, 0.25) is 0 Å². The Morgan fingerprint density at radius 2 is 1.92 bits per heavy atom. The minimum atomic E-state index is -0.232. The Morgan fingerprint density at radius 1 is 1.19 bits per heavy atom. The van der Waals surface area contributed by atoms with Crippen molar-refractivity contribution in [1.82, 2.24) is 19.6 Å². The first-order valence-corrected chi connectivity index (χ1v) is 9.56. The molecule has 3 heterocycles. The van der Waals surface area contributed by atoms with Crippen molar-refractivity contribution in [3.63, 3.8) is 0 Å². The molecule has 0 aromatic carbocycles. The summed E-state index contributed by atoms with van der Waals surface area (Å²) in [7, 11) is 0. The van der Waals surface area contributed by atoms with E-state index in [4.69, 9.17) is 4.74 Å². The van der Waals surface area contributed by atoms with Crippen molar-refractivity contribution in [2.24, 2.45) is 0 Å². The SMILES string of the molecule is CC(C)(C)c1ccc(=O)n(CCN2CCN(C(=O)C3CCCO3)CC2)n1. The summed E-state index contributed by atoms with van der Waals surface area (Å²) in [6.07, 6.45) is 1.59. The summed E-state index contributed by atoms with van der Waals surface area (Å²) in [6, 6.07) is 3.42. The molecule has 1 unspecified atom stereocenters. The monoisotopic (exact) mass is 362 g/mol. The lowest BCUT2D eigenvalue weighted by Gasteiger charge is -2.35. The van der Waals surface area contributed by atoms with Gasteiger partial charge in [0.25, 0.3) is 11.5 Å². The van der Waals surface area contributed by atoms with E-state index in [2.05, 4.69) is 30.8 Å². The smallest absolute Gasteiger partial charge is 0.266 e. The molecule has 1 amide bonds. The number of carbonyl (C=O) groups is 1. The van der Waals surface area contributed by atoms with E-state index >= 15 is 0 Å². The molecule has 0 aliphatic carbocycles. The second-order valence-electron chi connectivity index (χ2n) is 8.20. The molecule has 2 aliphatic rings. The van der Waals surface area contributed by atoms with Crippen LogP contribution >= 0.6 is 0 Å². The number of ether oxygens (including phenoxy) is 1. The Morgan fingerprint density at radius 3 is 2.54 bits per heavy atom. The van der Waals surface area contributed by atoms with Crippen LogP contribution in [0.3, 0.4) is 0 Å². The Labute approximate surface area is 154 Å². The highest BCUT2D eigenvalue weighted by molar-refractivity contribution is 5.81. The van der Waals surface area contributed by atoms with Gasteiger partial charge in [-0.1, -0.05) is 20.8 Å². The van der Waals surface area contributed by atoms with Crippen molar-refractivity contribution in [2.45, 2.75) is 51.7 Å². The number of amides is 1. The molecular weight excluding hydrogens is 332 g/mol. The van der Waals surface area contributed by atoms with Crippen molar-refractivity contribution in [2.75, 3.05) is 39.3 Å². The highest BCUT2D eigenvalue weighted by Gasteiger charge is 2.30. The lowest BCUT2D eigenvalue weighted by molar-refractivity contribution is -0.142. The van der Waals surface area contributed by atoms with E-state index in [1.54, 1.807) is 10.7 Å². The van der Waals surface area contributed by atoms with E-state index in [1.807, 2.05) is 11.0 Å². The van der Waals surface area contributed by atoms with Gasteiger partial charge in [-0.05, 0) is 18.9 Å². The van der Waals surface area contributed by atoms with Gasteiger partial charge in [0, 0.05) is 50.8 Å². The zero-order valence-electron chi connectivity index (χ0n) is 16.1. The van der Waals surface area contributed by atoms with Gasteiger partial charge in [-0.3, -0.25) is 14.5 Å². The number of aromatic nitrogens is 2. The maximum absolute atomic E-state index is 12.4. The lowest BCUT2D eigenvalue weighted by Crippen LogP contribution is -2.52.